The quantitative estimate of drug-likeness (QED) is 0.858. The molecule has 0 bridgehead atoms. The Balaban J connectivity index is 1.75. The highest BCUT2D eigenvalue weighted by Gasteiger charge is 2.07. The Kier molecular flexibility index (Phi) is 5.32. The molecule has 21 heavy (non-hydrogen) atoms. The number of halogens is 1. The van der Waals surface area contributed by atoms with E-state index in [4.69, 9.17) is 0 Å². The van der Waals surface area contributed by atoms with E-state index in [2.05, 4.69) is 22.8 Å². The number of urea groups is 1. The molecule has 0 saturated carbocycles. The molecule has 0 fully saturated rings. The topological polar surface area (TPSA) is 41.1 Å². The van der Waals surface area contributed by atoms with Gasteiger partial charge in [-0.05, 0) is 49.6 Å². The number of nitrogens with one attached hydrogen (secondary N) is 2. The number of hydrogen-bond acceptors (Lipinski definition) is 1. The molecule has 0 aliphatic rings. The molecule has 4 heteroatoms. The molecule has 2 N–H and O–H groups in total. The van der Waals surface area contributed by atoms with Crippen LogP contribution >= 0.6 is 0 Å². The summed E-state index contributed by atoms with van der Waals surface area (Å²) in [4.78, 5) is 11.8. The zero-order valence-corrected chi connectivity index (χ0v) is 12.0. The normalized spacial score (nSPS) is 11.7. The van der Waals surface area contributed by atoms with E-state index in [1.807, 2.05) is 25.1 Å². The van der Waals surface area contributed by atoms with E-state index in [-0.39, 0.29) is 17.9 Å². The zero-order valence-electron chi connectivity index (χ0n) is 12.0. The number of carbonyl (C=O) groups is 1. The first kappa shape index (κ1) is 15.0. The van der Waals surface area contributed by atoms with E-state index < -0.39 is 0 Å². The Labute approximate surface area is 124 Å². The maximum atomic E-state index is 12.8. The van der Waals surface area contributed by atoms with Gasteiger partial charge in [0.05, 0.1) is 0 Å². The van der Waals surface area contributed by atoms with Crippen molar-refractivity contribution < 1.29 is 9.18 Å². The number of hydrogen-bond donors (Lipinski definition) is 2. The first-order chi connectivity index (χ1) is 10.1. The second-order valence-electron chi connectivity index (χ2n) is 5.03. The summed E-state index contributed by atoms with van der Waals surface area (Å²) in [7, 11) is 0. The lowest BCUT2D eigenvalue weighted by Gasteiger charge is -2.14. The molecule has 2 aromatic carbocycles. The first-order valence-corrected chi connectivity index (χ1v) is 7.00. The molecule has 0 heterocycles. The van der Waals surface area contributed by atoms with Gasteiger partial charge < -0.3 is 10.6 Å². The van der Waals surface area contributed by atoms with Crippen molar-refractivity contribution in [2.45, 2.75) is 25.8 Å². The van der Waals surface area contributed by atoms with Gasteiger partial charge in [0.25, 0.3) is 0 Å². The number of carbonyl (C=O) groups excluding carboxylic acids is 1. The van der Waals surface area contributed by atoms with Gasteiger partial charge in [0.15, 0.2) is 0 Å². The lowest BCUT2D eigenvalue weighted by Crippen LogP contribution is -2.36. The maximum Gasteiger partial charge on any atom is 0.319 e. The highest BCUT2D eigenvalue weighted by Crippen LogP contribution is 2.08. The average Bonchev–Trinajstić information content (AvgIpc) is 2.48. The fourth-order valence-electron chi connectivity index (χ4n) is 2.02. The molecule has 0 aliphatic heterocycles. The minimum atomic E-state index is -0.322. The summed E-state index contributed by atoms with van der Waals surface area (Å²) in [5.74, 6) is -0.322. The molecule has 2 amide bonds. The van der Waals surface area contributed by atoms with Crippen LogP contribution in [0.3, 0.4) is 0 Å². The van der Waals surface area contributed by atoms with E-state index in [0.29, 0.717) is 5.69 Å². The Bertz CT molecular complexity index is 569. The number of rotatable bonds is 5. The van der Waals surface area contributed by atoms with Gasteiger partial charge in [-0.1, -0.05) is 30.3 Å². The fourth-order valence-corrected chi connectivity index (χ4v) is 2.02. The predicted octanol–water partition coefficient (Wildman–Crippen LogP) is 3.97. The highest BCUT2D eigenvalue weighted by atomic mass is 19.1. The largest absolute Gasteiger partial charge is 0.335 e. The monoisotopic (exact) mass is 286 g/mol. The van der Waals surface area contributed by atoms with Crippen molar-refractivity contribution in [1.29, 1.82) is 0 Å². The Morgan fingerprint density at radius 1 is 1.10 bits per heavy atom. The SMILES string of the molecule is C[C@H](CCc1ccccc1)NC(=O)Nc1ccc(F)cc1. The second kappa shape index (κ2) is 7.43. The minimum absolute atomic E-state index is 0.0608. The van der Waals surface area contributed by atoms with E-state index in [1.165, 1.54) is 29.8 Å². The molecule has 110 valence electrons. The Hall–Kier alpha value is -2.36. The van der Waals surface area contributed by atoms with Gasteiger partial charge in [-0.2, -0.15) is 0 Å². The van der Waals surface area contributed by atoms with Crippen LogP contribution in [0.1, 0.15) is 18.9 Å². The van der Waals surface area contributed by atoms with Crippen LogP contribution < -0.4 is 10.6 Å². The van der Waals surface area contributed by atoms with Crippen molar-refractivity contribution >= 4 is 11.7 Å². The average molecular weight is 286 g/mol. The van der Waals surface area contributed by atoms with Gasteiger partial charge >= 0.3 is 6.03 Å². The molecule has 2 aromatic rings. The third-order valence-electron chi connectivity index (χ3n) is 3.19. The van der Waals surface area contributed by atoms with E-state index >= 15 is 0 Å². The third-order valence-corrected chi connectivity index (χ3v) is 3.19. The molecule has 0 radical (unpaired) electrons. The van der Waals surface area contributed by atoms with Crippen molar-refractivity contribution in [3.63, 3.8) is 0 Å². The van der Waals surface area contributed by atoms with Crippen LogP contribution in [-0.2, 0) is 6.42 Å². The lowest BCUT2D eigenvalue weighted by molar-refractivity contribution is 0.248. The van der Waals surface area contributed by atoms with Crippen LogP contribution in [0, 0.1) is 5.82 Å². The molecular formula is C17H19FN2O. The summed E-state index contributed by atoms with van der Waals surface area (Å²) in [6.07, 6.45) is 1.78. The number of amides is 2. The standard InChI is InChI=1S/C17H19FN2O/c1-13(7-8-14-5-3-2-4-6-14)19-17(21)20-16-11-9-15(18)10-12-16/h2-6,9-13H,7-8H2,1H3,(H2,19,20,21)/t13-/m1/s1. The van der Waals surface area contributed by atoms with Gasteiger partial charge in [-0.15, -0.1) is 0 Å². The van der Waals surface area contributed by atoms with Crippen molar-refractivity contribution in [3.8, 4) is 0 Å². The summed E-state index contributed by atoms with van der Waals surface area (Å²) in [6.45, 7) is 1.97. The molecule has 2 rings (SSSR count). The van der Waals surface area contributed by atoms with E-state index in [1.54, 1.807) is 0 Å². The lowest BCUT2D eigenvalue weighted by atomic mass is 10.1. The number of benzene rings is 2. The molecule has 0 aromatic heterocycles. The van der Waals surface area contributed by atoms with Gasteiger partial charge in [-0.3, -0.25) is 0 Å². The molecule has 0 unspecified atom stereocenters. The van der Waals surface area contributed by atoms with Crippen LogP contribution in [0.2, 0.25) is 0 Å². The summed E-state index contributed by atoms with van der Waals surface area (Å²) >= 11 is 0. The first-order valence-electron chi connectivity index (χ1n) is 7.00. The maximum absolute atomic E-state index is 12.8. The second-order valence-corrected chi connectivity index (χ2v) is 5.03. The van der Waals surface area contributed by atoms with Crippen LogP contribution in [-0.4, -0.2) is 12.1 Å². The van der Waals surface area contributed by atoms with Crippen LogP contribution in [0.15, 0.2) is 54.6 Å². The van der Waals surface area contributed by atoms with Gasteiger partial charge in [0.1, 0.15) is 5.82 Å². The molecular weight excluding hydrogens is 267 g/mol. The van der Waals surface area contributed by atoms with Crippen molar-refractivity contribution in [1.82, 2.24) is 5.32 Å². The fraction of sp³-hybridized carbons (Fsp3) is 0.235. The van der Waals surface area contributed by atoms with Gasteiger partial charge in [-0.25, -0.2) is 9.18 Å². The Morgan fingerprint density at radius 2 is 1.76 bits per heavy atom. The molecule has 0 saturated heterocycles. The highest BCUT2D eigenvalue weighted by molar-refractivity contribution is 5.89. The molecule has 3 nitrogen and oxygen atoms in total. The van der Waals surface area contributed by atoms with Crippen LogP contribution in [0.5, 0.6) is 0 Å². The summed E-state index contributed by atoms with van der Waals surface area (Å²) in [5, 5.41) is 5.55. The number of aryl methyl sites for hydroxylation is 1. The van der Waals surface area contributed by atoms with Crippen molar-refractivity contribution in [2.24, 2.45) is 0 Å². The summed E-state index contributed by atoms with van der Waals surface area (Å²) < 4.78 is 12.8. The summed E-state index contributed by atoms with van der Waals surface area (Å²) in [5.41, 5.74) is 1.83. The molecule has 1 atom stereocenters. The van der Waals surface area contributed by atoms with Crippen LogP contribution in [0.25, 0.3) is 0 Å². The van der Waals surface area contributed by atoms with Crippen molar-refractivity contribution in [3.05, 3.63) is 66.0 Å². The van der Waals surface area contributed by atoms with E-state index in [9.17, 15) is 9.18 Å². The molecule has 0 spiro atoms. The van der Waals surface area contributed by atoms with Crippen molar-refractivity contribution in [2.75, 3.05) is 5.32 Å². The van der Waals surface area contributed by atoms with Gasteiger partial charge in [0, 0.05) is 11.7 Å². The molecule has 0 aliphatic carbocycles. The van der Waals surface area contributed by atoms with Gasteiger partial charge in [0.2, 0.25) is 0 Å². The minimum Gasteiger partial charge on any atom is -0.335 e. The predicted molar refractivity (Wildman–Crippen MR) is 82.8 cm³/mol. The van der Waals surface area contributed by atoms with Crippen LogP contribution in [0.4, 0.5) is 14.9 Å². The number of anilines is 1. The zero-order chi connectivity index (χ0) is 15.1. The Morgan fingerprint density at radius 3 is 2.43 bits per heavy atom. The summed E-state index contributed by atoms with van der Waals surface area (Å²) in [6, 6.07) is 15.6. The smallest absolute Gasteiger partial charge is 0.319 e. The third kappa shape index (κ3) is 5.26. The van der Waals surface area contributed by atoms with E-state index in [0.717, 1.165) is 12.8 Å².